The number of carbonyl (C=O) groups is 3. The van der Waals surface area contributed by atoms with Crippen LogP contribution in [0.1, 0.15) is 175 Å². The van der Waals surface area contributed by atoms with Gasteiger partial charge >= 0.3 is 11.9 Å². The van der Waals surface area contributed by atoms with Gasteiger partial charge in [0, 0.05) is 12.8 Å². The Hall–Kier alpha value is -1.59. The van der Waals surface area contributed by atoms with Gasteiger partial charge in [0.05, 0.1) is 6.61 Å². The molecule has 0 aromatic carbocycles. The van der Waals surface area contributed by atoms with Crippen LogP contribution in [0, 0.1) is 5.92 Å². The van der Waals surface area contributed by atoms with E-state index in [1.807, 2.05) is 0 Å². The number of amides is 1. The third-order valence-corrected chi connectivity index (χ3v) is 7.44. The molecule has 2 N–H and O–H groups in total. The lowest BCUT2D eigenvalue weighted by Gasteiger charge is -2.17. The fourth-order valence-corrected chi connectivity index (χ4v) is 4.90. The van der Waals surface area contributed by atoms with E-state index in [0.717, 1.165) is 44.4 Å². The second-order valence-corrected chi connectivity index (χ2v) is 11.9. The number of rotatable bonds is 29. The molecule has 0 rings (SSSR count). The molecule has 0 aliphatic rings. The zero-order valence-electron chi connectivity index (χ0n) is 25.9. The first-order chi connectivity index (χ1) is 18.9. The predicted octanol–water partition coefficient (Wildman–Crippen LogP) is 9.14. The van der Waals surface area contributed by atoms with Crippen molar-refractivity contribution in [2.75, 3.05) is 6.61 Å². The van der Waals surface area contributed by atoms with Crippen LogP contribution in [0.3, 0.4) is 0 Å². The van der Waals surface area contributed by atoms with E-state index in [1.165, 1.54) is 96.3 Å². The molecule has 6 nitrogen and oxygen atoms in total. The van der Waals surface area contributed by atoms with E-state index >= 15 is 0 Å². The zero-order chi connectivity index (χ0) is 29.0. The molecule has 0 aliphatic heterocycles. The molecule has 6 heteroatoms. The lowest BCUT2D eigenvalue weighted by atomic mass is 10.0. The molecule has 1 atom stereocenters. The average molecular weight is 554 g/mol. The Labute approximate surface area is 240 Å². The van der Waals surface area contributed by atoms with E-state index < -0.39 is 18.0 Å². The summed E-state index contributed by atoms with van der Waals surface area (Å²) in [6, 6.07) is -0.878. The zero-order valence-corrected chi connectivity index (χ0v) is 25.9. The van der Waals surface area contributed by atoms with E-state index in [1.54, 1.807) is 0 Å². The molecular formula is C33H63NO5. The van der Waals surface area contributed by atoms with E-state index in [9.17, 15) is 14.4 Å². The highest BCUT2D eigenvalue weighted by atomic mass is 16.5. The molecule has 0 fully saturated rings. The van der Waals surface area contributed by atoms with Crippen molar-refractivity contribution < 1.29 is 24.2 Å². The van der Waals surface area contributed by atoms with Crippen LogP contribution in [0.4, 0.5) is 0 Å². The molecular weight excluding hydrogens is 490 g/mol. The second-order valence-electron chi connectivity index (χ2n) is 11.9. The minimum atomic E-state index is -0.980. The molecule has 0 aromatic heterocycles. The highest BCUT2D eigenvalue weighted by molar-refractivity contribution is 5.84. The molecule has 39 heavy (non-hydrogen) atoms. The van der Waals surface area contributed by atoms with Gasteiger partial charge in [0.15, 0.2) is 0 Å². The van der Waals surface area contributed by atoms with Crippen molar-refractivity contribution in [3.63, 3.8) is 0 Å². The first-order valence-electron chi connectivity index (χ1n) is 16.5. The van der Waals surface area contributed by atoms with Gasteiger partial charge in [-0.2, -0.15) is 0 Å². The van der Waals surface area contributed by atoms with Crippen molar-refractivity contribution in [1.82, 2.24) is 5.32 Å². The van der Waals surface area contributed by atoms with E-state index in [-0.39, 0.29) is 18.7 Å². The van der Waals surface area contributed by atoms with Crippen LogP contribution in [0.25, 0.3) is 0 Å². The highest BCUT2D eigenvalue weighted by Crippen LogP contribution is 2.14. The molecule has 0 aromatic rings. The van der Waals surface area contributed by atoms with Crippen LogP contribution < -0.4 is 5.32 Å². The van der Waals surface area contributed by atoms with Gasteiger partial charge in [0.1, 0.15) is 6.04 Å². The van der Waals surface area contributed by atoms with Gasteiger partial charge in [0.2, 0.25) is 5.91 Å². The largest absolute Gasteiger partial charge is 0.481 e. The van der Waals surface area contributed by atoms with Gasteiger partial charge in [-0.05, 0) is 25.2 Å². The van der Waals surface area contributed by atoms with Crippen molar-refractivity contribution in [3.05, 3.63) is 0 Å². The minimum Gasteiger partial charge on any atom is -0.481 e. The minimum absolute atomic E-state index is 0.0644. The fourth-order valence-electron chi connectivity index (χ4n) is 4.90. The number of ether oxygens (including phenoxy) is 1. The third-order valence-electron chi connectivity index (χ3n) is 7.44. The first-order valence-corrected chi connectivity index (χ1v) is 16.5. The van der Waals surface area contributed by atoms with Crippen LogP contribution in [0.5, 0.6) is 0 Å². The molecule has 0 saturated carbocycles. The summed E-state index contributed by atoms with van der Waals surface area (Å²) in [6.45, 7) is 7.10. The Morgan fingerprint density at radius 3 is 1.56 bits per heavy atom. The molecule has 0 bridgehead atoms. The first kappa shape index (κ1) is 37.4. The monoisotopic (exact) mass is 553 g/mol. The molecule has 230 valence electrons. The average Bonchev–Trinajstić information content (AvgIpc) is 2.89. The number of hydrogen-bond acceptors (Lipinski definition) is 4. The number of carboxylic acid groups (broad SMARTS) is 1. The second kappa shape index (κ2) is 28.0. The quantitative estimate of drug-likeness (QED) is 0.0711. The lowest BCUT2D eigenvalue weighted by Crippen LogP contribution is -2.42. The lowest BCUT2D eigenvalue weighted by molar-refractivity contribution is -0.148. The maximum atomic E-state index is 12.5. The summed E-state index contributed by atoms with van der Waals surface area (Å²) in [4.78, 5) is 35.9. The van der Waals surface area contributed by atoms with Gasteiger partial charge in [-0.15, -0.1) is 0 Å². The number of unbranched alkanes of at least 4 members (excludes halogenated alkanes) is 18. The maximum absolute atomic E-state index is 12.5. The predicted molar refractivity (Wildman–Crippen MR) is 162 cm³/mol. The Balaban J connectivity index is 3.92. The summed E-state index contributed by atoms with van der Waals surface area (Å²) < 4.78 is 5.38. The molecule has 0 saturated heterocycles. The van der Waals surface area contributed by atoms with Crippen molar-refractivity contribution in [1.29, 1.82) is 0 Å². The van der Waals surface area contributed by atoms with E-state index in [0.29, 0.717) is 13.0 Å². The van der Waals surface area contributed by atoms with Gasteiger partial charge in [0.25, 0.3) is 0 Å². The van der Waals surface area contributed by atoms with E-state index in [4.69, 9.17) is 9.84 Å². The number of carboxylic acids is 1. The van der Waals surface area contributed by atoms with Crippen LogP contribution in [0.15, 0.2) is 0 Å². The van der Waals surface area contributed by atoms with Gasteiger partial charge in [-0.25, -0.2) is 4.79 Å². The third kappa shape index (κ3) is 27.8. The number of nitrogens with one attached hydrogen (secondary N) is 1. The van der Waals surface area contributed by atoms with Crippen LogP contribution >= 0.6 is 0 Å². The number of carbonyl (C=O) groups excluding carboxylic acids is 2. The SMILES string of the molecule is CCCCCCCCCCCCCCCC(=O)N[C@@H](CCC(=O)O)C(=O)OCCCCCCCCCC(C)C. The molecule has 0 radical (unpaired) electrons. The molecule has 0 unspecified atom stereocenters. The fraction of sp³-hybridized carbons (Fsp3) is 0.909. The summed E-state index contributed by atoms with van der Waals surface area (Å²) in [5, 5.41) is 11.8. The normalized spacial score (nSPS) is 12.0. The molecule has 0 spiro atoms. The topological polar surface area (TPSA) is 92.7 Å². The maximum Gasteiger partial charge on any atom is 0.328 e. The Bertz CT molecular complexity index is 593. The Morgan fingerprint density at radius 2 is 1.08 bits per heavy atom. The number of aliphatic carboxylic acids is 1. The summed E-state index contributed by atoms with van der Waals surface area (Å²) in [7, 11) is 0. The molecule has 0 heterocycles. The van der Waals surface area contributed by atoms with E-state index in [2.05, 4.69) is 26.1 Å². The van der Waals surface area contributed by atoms with Crippen molar-refractivity contribution in [2.45, 2.75) is 181 Å². The van der Waals surface area contributed by atoms with Crippen LogP contribution in [-0.2, 0) is 19.1 Å². The summed E-state index contributed by atoms with van der Waals surface area (Å²) >= 11 is 0. The van der Waals surface area contributed by atoms with Crippen molar-refractivity contribution in [3.8, 4) is 0 Å². The highest BCUT2D eigenvalue weighted by Gasteiger charge is 2.23. The Morgan fingerprint density at radius 1 is 0.615 bits per heavy atom. The molecule has 0 aliphatic carbocycles. The summed E-state index contributed by atoms with van der Waals surface area (Å²) in [5.41, 5.74) is 0. The standard InChI is InChI=1S/C33H63NO5/c1-4-5-6-7-8-9-10-11-12-13-16-19-22-25-31(35)34-30(26-27-32(36)37)33(38)39-28-23-20-17-14-15-18-21-24-29(2)3/h29-30H,4-28H2,1-3H3,(H,34,35)(H,36,37)/t30-/m0/s1. The van der Waals surface area contributed by atoms with Gasteiger partial charge < -0.3 is 15.2 Å². The number of hydrogen-bond donors (Lipinski definition) is 2. The van der Waals surface area contributed by atoms with Crippen molar-refractivity contribution in [2.24, 2.45) is 5.92 Å². The smallest absolute Gasteiger partial charge is 0.328 e. The summed E-state index contributed by atoms with van der Waals surface area (Å²) in [6.07, 6.45) is 25.8. The van der Waals surface area contributed by atoms with Gasteiger partial charge in [-0.1, -0.05) is 143 Å². The van der Waals surface area contributed by atoms with Crippen LogP contribution in [0.2, 0.25) is 0 Å². The Kier molecular flexibility index (Phi) is 26.8. The van der Waals surface area contributed by atoms with Crippen LogP contribution in [-0.4, -0.2) is 35.6 Å². The number of esters is 1. The van der Waals surface area contributed by atoms with Crippen molar-refractivity contribution >= 4 is 17.8 Å². The molecule has 1 amide bonds. The van der Waals surface area contributed by atoms with Gasteiger partial charge in [-0.3, -0.25) is 9.59 Å². The summed E-state index contributed by atoms with van der Waals surface area (Å²) in [5.74, 6) is -0.901.